The zero-order valence-electron chi connectivity index (χ0n) is 19.1. The van der Waals surface area contributed by atoms with E-state index < -0.39 is 20.2 Å². The van der Waals surface area contributed by atoms with Crippen LogP contribution in [0.4, 0.5) is 4.79 Å². The maximum absolute atomic E-state index is 12.5. The number of nitrogens with one attached hydrogen (secondary N) is 1. The first-order chi connectivity index (χ1) is 13.3. The van der Waals surface area contributed by atoms with Crippen molar-refractivity contribution in [2.45, 2.75) is 90.3 Å². The molecule has 1 saturated heterocycles. The van der Waals surface area contributed by atoms with Crippen molar-refractivity contribution in [1.82, 2.24) is 5.32 Å². The largest absolute Gasteiger partial charge is 0.445 e. The van der Waals surface area contributed by atoms with E-state index in [9.17, 15) is 4.79 Å². The lowest BCUT2D eigenvalue weighted by atomic mass is 10.1. The fourth-order valence-electron chi connectivity index (χ4n) is 3.02. The van der Waals surface area contributed by atoms with E-state index in [4.69, 9.17) is 18.6 Å². The highest BCUT2D eigenvalue weighted by molar-refractivity contribution is 6.74. The van der Waals surface area contributed by atoms with E-state index in [1.807, 2.05) is 51.1 Å². The summed E-state index contributed by atoms with van der Waals surface area (Å²) in [5, 5.41) is 3.03. The summed E-state index contributed by atoms with van der Waals surface area (Å²) < 4.78 is 23.8. The molecule has 29 heavy (non-hydrogen) atoms. The van der Waals surface area contributed by atoms with Gasteiger partial charge in [-0.05, 0) is 44.5 Å². The number of rotatable bonds is 7. The third-order valence-corrected chi connectivity index (χ3v) is 10.2. The molecule has 1 aliphatic rings. The normalized spacial score (nSPS) is 22.9. The van der Waals surface area contributed by atoms with Crippen molar-refractivity contribution >= 4 is 14.4 Å². The summed E-state index contributed by atoms with van der Waals surface area (Å²) in [6.07, 6.45) is -0.982. The summed E-state index contributed by atoms with van der Waals surface area (Å²) in [5.41, 5.74) is 0.937. The molecule has 1 aliphatic heterocycles. The average molecular weight is 424 g/mol. The first kappa shape index (κ1) is 23.9. The molecule has 1 fully saturated rings. The van der Waals surface area contributed by atoms with Crippen molar-refractivity contribution in [2.75, 3.05) is 6.61 Å². The van der Waals surface area contributed by atoms with E-state index in [0.717, 1.165) is 5.56 Å². The van der Waals surface area contributed by atoms with E-state index in [0.29, 0.717) is 6.61 Å². The van der Waals surface area contributed by atoms with Crippen LogP contribution < -0.4 is 5.32 Å². The molecule has 1 heterocycles. The van der Waals surface area contributed by atoms with Crippen molar-refractivity contribution in [2.24, 2.45) is 0 Å². The van der Waals surface area contributed by atoms with Crippen molar-refractivity contribution in [3.63, 3.8) is 0 Å². The van der Waals surface area contributed by atoms with Gasteiger partial charge in [0.2, 0.25) is 0 Å². The molecule has 0 aliphatic carbocycles. The van der Waals surface area contributed by atoms with Crippen LogP contribution in [0.1, 0.15) is 47.1 Å². The minimum atomic E-state index is -1.99. The fourth-order valence-corrected chi connectivity index (χ4v) is 4.05. The number of carbonyl (C=O) groups is 1. The van der Waals surface area contributed by atoms with Gasteiger partial charge in [-0.15, -0.1) is 0 Å². The Morgan fingerprint density at radius 2 is 1.83 bits per heavy atom. The minimum absolute atomic E-state index is 0.0727. The summed E-state index contributed by atoms with van der Waals surface area (Å²) in [6, 6.07) is 9.23. The summed E-state index contributed by atoms with van der Waals surface area (Å²) >= 11 is 0. The smallest absolute Gasteiger partial charge is 0.407 e. The van der Waals surface area contributed by atoms with Crippen molar-refractivity contribution in [3.05, 3.63) is 35.9 Å². The molecule has 0 spiro atoms. The lowest BCUT2D eigenvalue weighted by Crippen LogP contribution is -2.53. The molecule has 0 aromatic heterocycles. The maximum Gasteiger partial charge on any atom is 0.407 e. The molecule has 6 nitrogen and oxygen atoms in total. The molecule has 1 aromatic rings. The molecule has 2 rings (SSSR count). The van der Waals surface area contributed by atoms with Gasteiger partial charge in [0, 0.05) is 0 Å². The first-order valence-electron chi connectivity index (χ1n) is 10.3. The average Bonchev–Trinajstić information content (AvgIpc) is 2.89. The highest BCUT2D eigenvalue weighted by atomic mass is 28.4. The van der Waals surface area contributed by atoms with E-state index in [1.165, 1.54) is 0 Å². The lowest BCUT2D eigenvalue weighted by Gasteiger charge is -2.38. The van der Waals surface area contributed by atoms with Crippen LogP contribution in [0.5, 0.6) is 0 Å². The lowest BCUT2D eigenvalue weighted by molar-refractivity contribution is -0.148. The Morgan fingerprint density at radius 3 is 2.34 bits per heavy atom. The van der Waals surface area contributed by atoms with Crippen molar-refractivity contribution < 1.29 is 23.4 Å². The Balaban J connectivity index is 2.05. The highest BCUT2D eigenvalue weighted by Gasteiger charge is 2.45. The van der Waals surface area contributed by atoms with Gasteiger partial charge < -0.3 is 24.0 Å². The summed E-state index contributed by atoms with van der Waals surface area (Å²) in [6.45, 7) is 17.2. The second-order valence-electron chi connectivity index (χ2n) is 9.69. The summed E-state index contributed by atoms with van der Waals surface area (Å²) in [4.78, 5) is 12.5. The molecule has 0 bridgehead atoms. The van der Waals surface area contributed by atoms with Crippen LogP contribution in [-0.2, 0) is 25.2 Å². The van der Waals surface area contributed by atoms with Gasteiger partial charge in [0.05, 0.1) is 18.8 Å². The van der Waals surface area contributed by atoms with Gasteiger partial charge in [-0.25, -0.2) is 4.79 Å². The fraction of sp³-hybridized carbons (Fsp3) is 0.682. The number of benzene rings is 1. The molecule has 1 amide bonds. The van der Waals surface area contributed by atoms with Gasteiger partial charge >= 0.3 is 6.09 Å². The molecule has 1 N–H and O–H groups in total. The van der Waals surface area contributed by atoms with Gasteiger partial charge in [0.15, 0.2) is 14.1 Å². The van der Waals surface area contributed by atoms with Crippen molar-refractivity contribution in [1.29, 1.82) is 0 Å². The Morgan fingerprint density at radius 1 is 1.21 bits per heavy atom. The number of hydrogen-bond donors (Lipinski definition) is 1. The van der Waals surface area contributed by atoms with Crippen LogP contribution in [0, 0.1) is 0 Å². The Hall–Kier alpha value is -1.41. The highest BCUT2D eigenvalue weighted by Crippen LogP contribution is 2.37. The number of amides is 1. The van der Waals surface area contributed by atoms with Crippen LogP contribution in [-0.4, -0.2) is 45.1 Å². The molecule has 3 atom stereocenters. The first-order valence-corrected chi connectivity index (χ1v) is 13.2. The van der Waals surface area contributed by atoms with Crippen LogP contribution in [0.25, 0.3) is 0 Å². The van der Waals surface area contributed by atoms with Gasteiger partial charge in [-0.1, -0.05) is 51.1 Å². The number of hydrogen-bond acceptors (Lipinski definition) is 5. The molecule has 7 heteroatoms. The standard InChI is InChI=1S/C22H37NO5Si/c1-16-19(28-22(5,6)27-16)18(15-26-29(7,8)21(2,3)4)23-20(24)25-14-17-12-10-9-11-13-17/h9-13,16,18-19H,14-15H2,1-8H3,(H,23,24). The topological polar surface area (TPSA) is 66.0 Å². The van der Waals surface area contributed by atoms with E-state index >= 15 is 0 Å². The van der Waals surface area contributed by atoms with Gasteiger partial charge in [0.25, 0.3) is 0 Å². The van der Waals surface area contributed by atoms with Crippen LogP contribution in [0.15, 0.2) is 30.3 Å². The molecule has 164 valence electrons. The predicted octanol–water partition coefficient (Wildman–Crippen LogP) is 4.84. The maximum atomic E-state index is 12.5. The second kappa shape index (κ2) is 9.16. The number of alkyl carbamates (subject to hydrolysis) is 1. The van der Waals surface area contributed by atoms with Crippen LogP contribution >= 0.6 is 0 Å². The van der Waals surface area contributed by atoms with Crippen LogP contribution in [0.2, 0.25) is 18.1 Å². The second-order valence-corrected chi connectivity index (χ2v) is 14.5. The van der Waals surface area contributed by atoms with E-state index in [2.05, 4.69) is 39.2 Å². The molecule has 3 unspecified atom stereocenters. The van der Waals surface area contributed by atoms with Gasteiger partial charge in [-0.2, -0.15) is 0 Å². The third-order valence-electron chi connectivity index (χ3n) is 5.69. The van der Waals surface area contributed by atoms with Gasteiger partial charge in [0.1, 0.15) is 12.7 Å². The monoisotopic (exact) mass is 423 g/mol. The quantitative estimate of drug-likeness (QED) is 0.636. The number of carbonyl (C=O) groups excluding carboxylic acids is 1. The molecular formula is C22H37NO5Si. The Labute approximate surface area is 176 Å². The number of ether oxygens (including phenoxy) is 3. The summed E-state index contributed by atoms with van der Waals surface area (Å²) in [7, 11) is -1.99. The van der Waals surface area contributed by atoms with Gasteiger partial charge in [-0.3, -0.25) is 0 Å². The van der Waals surface area contributed by atoms with E-state index in [-0.39, 0.29) is 29.9 Å². The molecular weight excluding hydrogens is 386 g/mol. The molecule has 1 aromatic carbocycles. The zero-order valence-corrected chi connectivity index (χ0v) is 20.1. The van der Waals surface area contributed by atoms with E-state index in [1.54, 1.807) is 0 Å². The molecule has 0 saturated carbocycles. The minimum Gasteiger partial charge on any atom is -0.445 e. The SMILES string of the molecule is CC1OC(C)(C)OC1C(CO[Si](C)(C)C(C)(C)C)NC(=O)OCc1ccccc1. The molecule has 0 radical (unpaired) electrons. The van der Waals surface area contributed by atoms with Crippen molar-refractivity contribution in [3.8, 4) is 0 Å². The Kier molecular flexibility index (Phi) is 7.54. The van der Waals surface area contributed by atoms with Crippen LogP contribution in [0.3, 0.4) is 0 Å². The summed E-state index contributed by atoms with van der Waals surface area (Å²) in [5.74, 6) is -0.699. The predicted molar refractivity (Wildman–Crippen MR) is 116 cm³/mol. The zero-order chi connectivity index (χ0) is 21.9. The Bertz CT molecular complexity index is 672. The third kappa shape index (κ3) is 6.81.